The van der Waals surface area contributed by atoms with E-state index in [1.807, 2.05) is 30.3 Å². The first kappa shape index (κ1) is 16.8. The number of hydrogen-bond donors (Lipinski definition) is 1. The van der Waals surface area contributed by atoms with Crippen LogP contribution in [0.2, 0.25) is 0 Å². The quantitative estimate of drug-likeness (QED) is 0.876. The molecule has 0 aliphatic carbocycles. The molecule has 4 rings (SSSR count). The third-order valence-electron chi connectivity index (χ3n) is 4.56. The molecule has 3 heterocycles. The topological polar surface area (TPSA) is 72.9 Å². The molecule has 26 heavy (non-hydrogen) atoms. The molecule has 2 aliphatic rings. The Kier molecular flexibility index (Phi) is 4.99. The highest BCUT2D eigenvalue weighted by atomic mass is 16.7. The van der Waals surface area contributed by atoms with Gasteiger partial charge in [-0.1, -0.05) is 12.1 Å². The second kappa shape index (κ2) is 7.72. The lowest BCUT2D eigenvalue weighted by molar-refractivity contribution is -0.128. The van der Waals surface area contributed by atoms with Crippen LogP contribution in [-0.4, -0.2) is 48.9 Å². The zero-order chi connectivity index (χ0) is 17.8. The number of nitrogens with one attached hydrogen (secondary N) is 1. The third kappa shape index (κ3) is 3.63. The maximum atomic E-state index is 13.0. The molecule has 1 aromatic heterocycles. The summed E-state index contributed by atoms with van der Waals surface area (Å²) < 4.78 is 16.1. The Morgan fingerprint density at radius 2 is 2.04 bits per heavy atom. The van der Waals surface area contributed by atoms with E-state index in [1.54, 1.807) is 12.4 Å². The minimum Gasteiger partial charge on any atom is -0.454 e. The Hall–Kier alpha value is -2.64. The molecule has 1 fully saturated rings. The first-order valence-corrected chi connectivity index (χ1v) is 8.69. The smallest absolute Gasteiger partial charge is 0.242 e. The molecule has 0 radical (unpaired) electrons. The summed E-state index contributed by atoms with van der Waals surface area (Å²) in [6, 6.07) is 9.12. The van der Waals surface area contributed by atoms with Gasteiger partial charge in [0.25, 0.3) is 0 Å². The van der Waals surface area contributed by atoms with Crippen LogP contribution in [0.5, 0.6) is 11.5 Å². The van der Waals surface area contributed by atoms with Gasteiger partial charge in [-0.15, -0.1) is 0 Å². The Labute approximate surface area is 151 Å². The highest BCUT2D eigenvalue weighted by molar-refractivity contribution is 5.83. The van der Waals surface area contributed by atoms with E-state index in [0.717, 1.165) is 30.0 Å². The van der Waals surface area contributed by atoms with E-state index >= 15 is 0 Å². The summed E-state index contributed by atoms with van der Waals surface area (Å²) in [5, 5.41) is 3.04. The van der Waals surface area contributed by atoms with Gasteiger partial charge < -0.3 is 19.5 Å². The van der Waals surface area contributed by atoms with Crippen LogP contribution in [0.3, 0.4) is 0 Å². The van der Waals surface area contributed by atoms with Gasteiger partial charge in [-0.25, -0.2) is 0 Å². The number of fused-ring (bicyclic) bond motifs is 1. The molecule has 136 valence electrons. The fourth-order valence-electron chi connectivity index (χ4n) is 3.24. The number of carbonyl (C=O) groups is 1. The largest absolute Gasteiger partial charge is 0.454 e. The standard InChI is InChI=1S/C19H21N3O4/c23-19(21-11-14-3-4-16-17(10-14)26-13-25-16)18(15-2-1-5-20-12-15)22-6-8-24-9-7-22/h1-5,10,12,18H,6-9,11,13H2,(H,21,23). The van der Waals surface area contributed by atoms with Crippen molar-refractivity contribution in [2.75, 3.05) is 33.1 Å². The van der Waals surface area contributed by atoms with Gasteiger partial charge >= 0.3 is 0 Å². The molecule has 0 spiro atoms. The summed E-state index contributed by atoms with van der Waals surface area (Å²) in [6.45, 7) is 3.37. The Morgan fingerprint density at radius 3 is 2.85 bits per heavy atom. The first-order valence-electron chi connectivity index (χ1n) is 8.69. The van der Waals surface area contributed by atoms with E-state index in [2.05, 4.69) is 15.2 Å². The van der Waals surface area contributed by atoms with Gasteiger partial charge in [0.2, 0.25) is 12.7 Å². The predicted molar refractivity (Wildman–Crippen MR) is 93.8 cm³/mol. The van der Waals surface area contributed by atoms with Crippen molar-refractivity contribution in [1.82, 2.24) is 15.2 Å². The van der Waals surface area contributed by atoms with Gasteiger partial charge in [0.05, 0.1) is 13.2 Å². The SMILES string of the molecule is O=C(NCc1ccc2c(c1)OCO2)C(c1cccnc1)N1CCOCC1. The van der Waals surface area contributed by atoms with E-state index in [-0.39, 0.29) is 18.7 Å². The van der Waals surface area contributed by atoms with E-state index in [0.29, 0.717) is 25.5 Å². The van der Waals surface area contributed by atoms with Crippen LogP contribution in [0, 0.1) is 0 Å². The molecular formula is C19H21N3O4. The number of nitrogens with zero attached hydrogens (tertiary/aromatic N) is 2. The number of ether oxygens (including phenoxy) is 3. The number of amides is 1. The normalized spacial score (nSPS) is 17.7. The lowest BCUT2D eigenvalue weighted by Crippen LogP contribution is -2.45. The predicted octanol–water partition coefficient (Wildman–Crippen LogP) is 1.50. The summed E-state index contributed by atoms with van der Waals surface area (Å²) in [5.74, 6) is 1.41. The van der Waals surface area contributed by atoms with E-state index in [4.69, 9.17) is 14.2 Å². The van der Waals surface area contributed by atoms with Gasteiger partial charge in [-0.05, 0) is 29.3 Å². The zero-order valence-electron chi connectivity index (χ0n) is 14.4. The molecule has 2 aliphatic heterocycles. The second-order valence-electron chi connectivity index (χ2n) is 6.24. The molecule has 1 N–H and O–H groups in total. The van der Waals surface area contributed by atoms with Crippen molar-refractivity contribution in [1.29, 1.82) is 0 Å². The van der Waals surface area contributed by atoms with Crippen molar-refractivity contribution in [2.24, 2.45) is 0 Å². The van der Waals surface area contributed by atoms with Crippen LogP contribution >= 0.6 is 0 Å². The third-order valence-corrected chi connectivity index (χ3v) is 4.56. The number of pyridine rings is 1. The number of hydrogen-bond acceptors (Lipinski definition) is 6. The minimum atomic E-state index is -0.374. The summed E-state index contributed by atoms with van der Waals surface area (Å²) >= 11 is 0. The molecule has 1 saturated heterocycles. The molecule has 7 heteroatoms. The van der Waals surface area contributed by atoms with Crippen LogP contribution in [-0.2, 0) is 16.1 Å². The fourth-order valence-corrected chi connectivity index (χ4v) is 3.24. The molecule has 7 nitrogen and oxygen atoms in total. The molecule has 0 bridgehead atoms. The molecular weight excluding hydrogens is 334 g/mol. The van der Waals surface area contributed by atoms with Gasteiger partial charge in [0, 0.05) is 32.0 Å². The van der Waals surface area contributed by atoms with Crippen LogP contribution in [0.4, 0.5) is 0 Å². The van der Waals surface area contributed by atoms with Crippen molar-refractivity contribution in [3.05, 3.63) is 53.9 Å². The Bertz CT molecular complexity index is 763. The zero-order valence-corrected chi connectivity index (χ0v) is 14.4. The van der Waals surface area contributed by atoms with Gasteiger partial charge in [-0.3, -0.25) is 14.7 Å². The molecule has 1 aromatic carbocycles. The van der Waals surface area contributed by atoms with Gasteiger partial charge in [0.1, 0.15) is 6.04 Å². The van der Waals surface area contributed by atoms with E-state index in [9.17, 15) is 4.79 Å². The number of morpholine rings is 1. The molecule has 1 amide bonds. The Balaban J connectivity index is 1.47. The lowest BCUT2D eigenvalue weighted by Gasteiger charge is -2.33. The van der Waals surface area contributed by atoms with Crippen molar-refractivity contribution in [3.63, 3.8) is 0 Å². The molecule has 1 atom stereocenters. The van der Waals surface area contributed by atoms with E-state index < -0.39 is 0 Å². The van der Waals surface area contributed by atoms with Gasteiger partial charge in [0.15, 0.2) is 11.5 Å². The van der Waals surface area contributed by atoms with Gasteiger partial charge in [-0.2, -0.15) is 0 Å². The summed E-state index contributed by atoms with van der Waals surface area (Å²) in [5.41, 5.74) is 1.85. The molecule has 1 unspecified atom stereocenters. The fraction of sp³-hybridized carbons (Fsp3) is 0.368. The highest BCUT2D eigenvalue weighted by Gasteiger charge is 2.29. The minimum absolute atomic E-state index is 0.0439. The molecule has 2 aromatic rings. The van der Waals surface area contributed by atoms with Crippen molar-refractivity contribution >= 4 is 5.91 Å². The number of benzene rings is 1. The average Bonchev–Trinajstić information content (AvgIpc) is 3.16. The van der Waals surface area contributed by atoms with Crippen LogP contribution in [0.1, 0.15) is 17.2 Å². The number of aromatic nitrogens is 1. The summed E-state index contributed by atoms with van der Waals surface area (Å²) in [7, 11) is 0. The lowest BCUT2D eigenvalue weighted by atomic mass is 10.1. The van der Waals surface area contributed by atoms with Crippen LogP contribution < -0.4 is 14.8 Å². The maximum absolute atomic E-state index is 13.0. The van der Waals surface area contributed by atoms with Crippen molar-refractivity contribution in [3.8, 4) is 11.5 Å². The maximum Gasteiger partial charge on any atom is 0.242 e. The van der Waals surface area contributed by atoms with E-state index in [1.165, 1.54) is 0 Å². The second-order valence-corrected chi connectivity index (χ2v) is 6.24. The first-order chi connectivity index (χ1) is 12.8. The van der Waals surface area contributed by atoms with Crippen molar-refractivity contribution < 1.29 is 19.0 Å². The van der Waals surface area contributed by atoms with Crippen LogP contribution in [0.25, 0.3) is 0 Å². The Morgan fingerprint density at radius 1 is 1.19 bits per heavy atom. The summed E-state index contributed by atoms with van der Waals surface area (Å²) in [6.07, 6.45) is 3.46. The summed E-state index contributed by atoms with van der Waals surface area (Å²) in [4.78, 5) is 19.3. The number of carbonyl (C=O) groups excluding carboxylic acids is 1. The molecule has 0 saturated carbocycles. The monoisotopic (exact) mass is 355 g/mol. The van der Waals surface area contributed by atoms with Crippen molar-refractivity contribution in [2.45, 2.75) is 12.6 Å². The average molecular weight is 355 g/mol. The van der Waals surface area contributed by atoms with Crippen LogP contribution in [0.15, 0.2) is 42.7 Å². The highest BCUT2D eigenvalue weighted by Crippen LogP contribution is 2.32. The number of rotatable bonds is 5.